The number of guanidine groups is 1. The Balaban J connectivity index is 0.00000288. The molecule has 1 aromatic heterocycles. The summed E-state index contributed by atoms with van der Waals surface area (Å²) in [5, 5.41) is 10.8. The zero-order valence-corrected chi connectivity index (χ0v) is 17.3. The van der Waals surface area contributed by atoms with Gasteiger partial charge in [0.25, 0.3) is 0 Å². The van der Waals surface area contributed by atoms with E-state index in [-0.39, 0.29) is 24.0 Å². The van der Waals surface area contributed by atoms with E-state index in [9.17, 15) is 0 Å². The molecule has 0 unspecified atom stereocenters. The molecule has 0 aliphatic rings. The van der Waals surface area contributed by atoms with Gasteiger partial charge in [-0.05, 0) is 47.9 Å². The van der Waals surface area contributed by atoms with E-state index in [0.717, 1.165) is 31.2 Å². The second-order valence-corrected chi connectivity index (χ2v) is 5.62. The maximum absolute atomic E-state index is 5.32. The molecule has 0 saturated heterocycles. The predicted octanol–water partition coefficient (Wildman–Crippen LogP) is 4.00. The van der Waals surface area contributed by atoms with Gasteiger partial charge in [-0.1, -0.05) is 0 Å². The molecule has 0 bridgehead atoms. The minimum absolute atomic E-state index is 0. The van der Waals surface area contributed by atoms with Crippen LogP contribution < -0.4 is 20.1 Å². The molecular weight excluding hydrogens is 437 g/mol. The van der Waals surface area contributed by atoms with Gasteiger partial charge >= 0.3 is 0 Å². The molecule has 0 spiro atoms. The minimum Gasteiger partial charge on any atom is -0.493 e. The highest BCUT2D eigenvalue weighted by Gasteiger charge is 2.06. The van der Waals surface area contributed by atoms with Gasteiger partial charge in [-0.2, -0.15) is 11.3 Å². The number of aliphatic imine (C=N–C) groups is 1. The average Bonchev–Trinajstić information content (AvgIpc) is 3.08. The molecule has 0 aliphatic heterocycles. The van der Waals surface area contributed by atoms with Gasteiger partial charge in [0.1, 0.15) is 0 Å². The van der Waals surface area contributed by atoms with Crippen LogP contribution in [0.25, 0.3) is 0 Å². The number of methoxy groups -OCH3 is 2. The molecule has 2 rings (SSSR count). The van der Waals surface area contributed by atoms with Crippen LogP contribution in [-0.2, 0) is 6.42 Å². The molecule has 0 saturated carbocycles. The molecule has 132 valence electrons. The minimum atomic E-state index is 0. The van der Waals surface area contributed by atoms with Crippen molar-refractivity contribution in [3.8, 4) is 11.5 Å². The highest BCUT2D eigenvalue weighted by Crippen LogP contribution is 2.29. The lowest BCUT2D eigenvalue weighted by molar-refractivity contribution is 0.355. The van der Waals surface area contributed by atoms with E-state index in [1.165, 1.54) is 5.56 Å². The van der Waals surface area contributed by atoms with Crippen LogP contribution in [0.15, 0.2) is 40.0 Å². The number of benzene rings is 1. The Hall–Kier alpha value is -1.48. The van der Waals surface area contributed by atoms with E-state index in [0.29, 0.717) is 11.5 Å². The number of nitrogens with zero attached hydrogens (tertiary/aromatic N) is 1. The lowest BCUT2D eigenvalue weighted by Crippen LogP contribution is -2.30. The van der Waals surface area contributed by atoms with Crippen molar-refractivity contribution in [2.75, 3.05) is 32.6 Å². The summed E-state index contributed by atoms with van der Waals surface area (Å²) in [5.41, 5.74) is 2.22. The van der Waals surface area contributed by atoms with Crippen LogP contribution in [0.1, 0.15) is 12.5 Å². The summed E-state index contributed by atoms with van der Waals surface area (Å²) >= 11 is 1.71. The van der Waals surface area contributed by atoms with Gasteiger partial charge in [0.15, 0.2) is 17.5 Å². The SMILES string of the molecule is CCNC(=NCCc1ccsc1)Nc1ccc(OC)c(OC)c1.I. The number of anilines is 1. The van der Waals surface area contributed by atoms with Crippen LogP contribution in [0.2, 0.25) is 0 Å². The van der Waals surface area contributed by atoms with Gasteiger partial charge in [0.05, 0.1) is 14.2 Å². The molecule has 0 amide bonds. The van der Waals surface area contributed by atoms with E-state index in [2.05, 4.69) is 32.5 Å². The second kappa shape index (κ2) is 11.1. The van der Waals surface area contributed by atoms with Gasteiger partial charge in [-0.15, -0.1) is 24.0 Å². The third kappa shape index (κ3) is 6.20. The van der Waals surface area contributed by atoms with Crippen LogP contribution in [-0.4, -0.2) is 33.3 Å². The Labute approximate surface area is 164 Å². The molecule has 0 fully saturated rings. The summed E-state index contributed by atoms with van der Waals surface area (Å²) in [6.07, 6.45) is 0.937. The van der Waals surface area contributed by atoms with E-state index < -0.39 is 0 Å². The van der Waals surface area contributed by atoms with Crippen molar-refractivity contribution in [3.63, 3.8) is 0 Å². The average molecular weight is 461 g/mol. The topological polar surface area (TPSA) is 54.9 Å². The molecule has 0 radical (unpaired) electrons. The first-order chi connectivity index (χ1) is 11.3. The summed E-state index contributed by atoms with van der Waals surface area (Å²) in [5.74, 6) is 2.15. The van der Waals surface area contributed by atoms with Crippen molar-refractivity contribution in [1.29, 1.82) is 0 Å². The zero-order chi connectivity index (χ0) is 16.5. The zero-order valence-electron chi connectivity index (χ0n) is 14.2. The summed E-state index contributed by atoms with van der Waals surface area (Å²) in [6.45, 7) is 3.58. The third-order valence-corrected chi connectivity index (χ3v) is 3.97. The maximum Gasteiger partial charge on any atom is 0.195 e. The standard InChI is InChI=1S/C17H23N3O2S.HI/c1-4-18-17(19-9-7-13-8-10-23-12-13)20-14-5-6-15(21-2)16(11-14)22-3;/h5-6,8,10-12H,4,7,9H2,1-3H3,(H2,18,19,20);1H. The van der Waals surface area contributed by atoms with Crippen molar-refractivity contribution in [1.82, 2.24) is 5.32 Å². The maximum atomic E-state index is 5.32. The molecule has 5 nitrogen and oxygen atoms in total. The van der Waals surface area contributed by atoms with E-state index in [4.69, 9.17) is 9.47 Å². The van der Waals surface area contributed by atoms with Gasteiger partial charge in [0, 0.05) is 24.8 Å². The first-order valence-corrected chi connectivity index (χ1v) is 8.49. The fourth-order valence-corrected chi connectivity index (χ4v) is 2.79. The molecule has 1 aromatic carbocycles. The highest BCUT2D eigenvalue weighted by molar-refractivity contribution is 14.0. The largest absolute Gasteiger partial charge is 0.493 e. The number of thiophene rings is 1. The monoisotopic (exact) mass is 461 g/mol. The molecule has 0 aliphatic carbocycles. The Morgan fingerprint density at radius 3 is 2.58 bits per heavy atom. The van der Waals surface area contributed by atoms with E-state index in [1.807, 2.05) is 25.1 Å². The first kappa shape index (κ1) is 20.6. The van der Waals surface area contributed by atoms with Gasteiger partial charge in [-0.25, -0.2) is 0 Å². The fraction of sp³-hybridized carbons (Fsp3) is 0.353. The lowest BCUT2D eigenvalue weighted by atomic mass is 10.2. The quantitative estimate of drug-likeness (QED) is 0.372. The van der Waals surface area contributed by atoms with Crippen molar-refractivity contribution < 1.29 is 9.47 Å². The van der Waals surface area contributed by atoms with Crippen LogP contribution >= 0.6 is 35.3 Å². The summed E-state index contributed by atoms with van der Waals surface area (Å²) in [4.78, 5) is 4.61. The Morgan fingerprint density at radius 2 is 1.96 bits per heavy atom. The van der Waals surface area contributed by atoms with Gasteiger partial charge in [0.2, 0.25) is 0 Å². The number of hydrogen-bond donors (Lipinski definition) is 2. The van der Waals surface area contributed by atoms with E-state index >= 15 is 0 Å². The number of nitrogens with one attached hydrogen (secondary N) is 2. The van der Waals surface area contributed by atoms with Crippen LogP contribution in [0.5, 0.6) is 11.5 Å². The van der Waals surface area contributed by atoms with Crippen molar-refractivity contribution in [2.24, 2.45) is 4.99 Å². The molecule has 1 heterocycles. The third-order valence-electron chi connectivity index (χ3n) is 3.24. The van der Waals surface area contributed by atoms with Crippen molar-refractivity contribution in [3.05, 3.63) is 40.6 Å². The first-order valence-electron chi connectivity index (χ1n) is 7.55. The molecule has 24 heavy (non-hydrogen) atoms. The molecule has 7 heteroatoms. The fourth-order valence-electron chi connectivity index (χ4n) is 2.09. The number of rotatable bonds is 7. The molecule has 2 aromatic rings. The molecule has 0 atom stereocenters. The van der Waals surface area contributed by atoms with Crippen molar-refractivity contribution >= 4 is 47.0 Å². The molecular formula is C17H24IN3O2S. The number of hydrogen-bond acceptors (Lipinski definition) is 4. The summed E-state index contributed by atoms with van der Waals surface area (Å²) < 4.78 is 10.6. The van der Waals surface area contributed by atoms with Gasteiger partial charge < -0.3 is 20.1 Å². The van der Waals surface area contributed by atoms with Gasteiger partial charge in [-0.3, -0.25) is 4.99 Å². The van der Waals surface area contributed by atoms with E-state index in [1.54, 1.807) is 25.6 Å². The smallest absolute Gasteiger partial charge is 0.195 e. The highest BCUT2D eigenvalue weighted by atomic mass is 127. The Kier molecular flexibility index (Phi) is 9.55. The van der Waals surface area contributed by atoms with Crippen LogP contribution in [0.4, 0.5) is 5.69 Å². The predicted molar refractivity (Wildman–Crippen MR) is 113 cm³/mol. The van der Waals surface area contributed by atoms with Crippen LogP contribution in [0.3, 0.4) is 0 Å². The Bertz CT molecular complexity index is 633. The number of halogens is 1. The molecule has 2 N–H and O–H groups in total. The Morgan fingerprint density at radius 1 is 1.17 bits per heavy atom. The summed E-state index contributed by atoms with van der Waals surface area (Å²) in [6, 6.07) is 7.84. The van der Waals surface area contributed by atoms with Crippen molar-refractivity contribution in [2.45, 2.75) is 13.3 Å². The number of ether oxygens (including phenoxy) is 2. The lowest BCUT2D eigenvalue weighted by Gasteiger charge is -2.13. The van der Waals surface area contributed by atoms with Crippen LogP contribution in [0, 0.1) is 0 Å². The summed E-state index contributed by atoms with van der Waals surface area (Å²) in [7, 11) is 3.25. The second-order valence-electron chi connectivity index (χ2n) is 4.84. The normalized spacial score (nSPS) is 10.7.